The summed E-state index contributed by atoms with van der Waals surface area (Å²) in [4.78, 5) is 11.0. The number of benzene rings is 1. The number of ether oxygens (including phenoxy) is 1. The number of hydrogen-bond acceptors (Lipinski definition) is 3. The van der Waals surface area contributed by atoms with Crippen LogP contribution in [0.25, 0.3) is 0 Å². The van der Waals surface area contributed by atoms with E-state index in [4.69, 9.17) is 10.5 Å². The molecular weight excluding hydrogens is 228 g/mol. The highest BCUT2D eigenvalue weighted by molar-refractivity contribution is 5.79. The van der Waals surface area contributed by atoms with E-state index in [-0.39, 0.29) is 11.9 Å². The Hall–Kier alpha value is -1.55. The third-order valence-electron chi connectivity index (χ3n) is 3.44. The molecular formula is C14H20N2O2. The Morgan fingerprint density at radius 1 is 1.44 bits per heavy atom. The molecule has 1 aliphatic carbocycles. The molecule has 1 aromatic rings. The highest BCUT2D eigenvalue weighted by Crippen LogP contribution is 2.26. The lowest BCUT2D eigenvalue weighted by Crippen LogP contribution is -2.40. The van der Waals surface area contributed by atoms with Crippen LogP contribution in [-0.2, 0) is 17.6 Å². The quantitative estimate of drug-likeness (QED) is 0.790. The van der Waals surface area contributed by atoms with Crippen molar-refractivity contribution < 1.29 is 9.53 Å². The minimum absolute atomic E-state index is 0.320. The number of carbonyl (C=O) groups is 1. The van der Waals surface area contributed by atoms with Crippen molar-refractivity contribution in [3.63, 3.8) is 0 Å². The summed E-state index contributed by atoms with van der Waals surface area (Å²) in [6.45, 7) is 0.493. The summed E-state index contributed by atoms with van der Waals surface area (Å²) in [6, 6.07) is 5.94. The molecule has 4 heteroatoms. The third-order valence-corrected chi connectivity index (χ3v) is 3.44. The molecule has 0 heterocycles. The molecule has 1 atom stereocenters. The number of aryl methyl sites for hydroxylation is 2. The van der Waals surface area contributed by atoms with Crippen molar-refractivity contribution in [3.8, 4) is 5.75 Å². The minimum Gasteiger partial charge on any atom is -0.494 e. The second kappa shape index (κ2) is 5.87. The minimum atomic E-state index is -0.338. The maximum atomic E-state index is 11.0. The molecule has 0 radical (unpaired) electrons. The zero-order chi connectivity index (χ0) is 13.0. The van der Waals surface area contributed by atoms with E-state index >= 15 is 0 Å². The number of likely N-dealkylation sites (N-methyl/N-ethyl adjacent to an activating group) is 1. The summed E-state index contributed by atoms with van der Waals surface area (Å²) >= 11 is 0. The first-order valence-corrected chi connectivity index (χ1v) is 6.42. The van der Waals surface area contributed by atoms with Gasteiger partial charge in [0.1, 0.15) is 5.75 Å². The van der Waals surface area contributed by atoms with Crippen LogP contribution >= 0.6 is 0 Å². The van der Waals surface area contributed by atoms with Crippen LogP contribution < -0.4 is 15.8 Å². The first-order chi connectivity index (χ1) is 8.70. The van der Waals surface area contributed by atoms with Gasteiger partial charge in [0.05, 0.1) is 12.6 Å². The van der Waals surface area contributed by atoms with Gasteiger partial charge in [-0.15, -0.1) is 0 Å². The van der Waals surface area contributed by atoms with E-state index in [1.165, 1.54) is 24.0 Å². The van der Waals surface area contributed by atoms with Crippen LogP contribution in [0.15, 0.2) is 18.2 Å². The van der Waals surface area contributed by atoms with Gasteiger partial charge in [0, 0.05) is 6.42 Å². The van der Waals surface area contributed by atoms with Crippen molar-refractivity contribution in [2.24, 2.45) is 5.73 Å². The van der Waals surface area contributed by atoms with E-state index in [0.29, 0.717) is 13.0 Å². The molecule has 0 fully saturated rings. The zero-order valence-corrected chi connectivity index (χ0v) is 10.7. The molecule has 0 aliphatic heterocycles. The average Bonchev–Trinajstić information content (AvgIpc) is 2.81. The lowest BCUT2D eigenvalue weighted by Gasteiger charge is -2.13. The number of primary amides is 1. The Balaban J connectivity index is 1.85. The number of rotatable bonds is 6. The topological polar surface area (TPSA) is 64.3 Å². The van der Waals surface area contributed by atoms with Crippen LogP contribution in [0.5, 0.6) is 5.75 Å². The van der Waals surface area contributed by atoms with Crippen molar-refractivity contribution in [3.05, 3.63) is 29.3 Å². The molecule has 0 bridgehead atoms. The second-order valence-corrected chi connectivity index (χ2v) is 4.66. The highest BCUT2D eigenvalue weighted by Gasteiger charge is 2.13. The van der Waals surface area contributed by atoms with Gasteiger partial charge in [-0.25, -0.2) is 0 Å². The van der Waals surface area contributed by atoms with Crippen LogP contribution in [0.2, 0.25) is 0 Å². The number of nitrogens with two attached hydrogens (primary N) is 1. The van der Waals surface area contributed by atoms with E-state index in [2.05, 4.69) is 17.4 Å². The Morgan fingerprint density at radius 2 is 2.22 bits per heavy atom. The van der Waals surface area contributed by atoms with E-state index in [1.54, 1.807) is 7.05 Å². The molecule has 98 valence electrons. The Kier molecular flexibility index (Phi) is 4.20. The standard InChI is InChI=1S/C14H20N2O2/c1-16-13(14(15)17)7-8-18-12-6-5-10-3-2-4-11(10)9-12/h5-6,9,13,16H,2-4,7-8H2,1H3,(H2,15,17). The first kappa shape index (κ1) is 12.9. The fourth-order valence-corrected chi connectivity index (χ4v) is 2.36. The molecule has 1 unspecified atom stereocenters. The SMILES string of the molecule is CNC(CCOc1ccc2c(c1)CCC2)C(N)=O. The van der Waals surface area contributed by atoms with E-state index in [9.17, 15) is 4.79 Å². The maximum absolute atomic E-state index is 11.0. The van der Waals surface area contributed by atoms with Gasteiger partial charge in [-0.05, 0) is 49.6 Å². The van der Waals surface area contributed by atoms with Gasteiger partial charge in [0.2, 0.25) is 5.91 Å². The van der Waals surface area contributed by atoms with Gasteiger partial charge in [0.25, 0.3) is 0 Å². The summed E-state index contributed by atoms with van der Waals surface area (Å²) in [7, 11) is 1.73. The molecule has 3 N–H and O–H groups in total. The largest absolute Gasteiger partial charge is 0.494 e. The molecule has 0 saturated carbocycles. The fourth-order valence-electron chi connectivity index (χ4n) is 2.36. The smallest absolute Gasteiger partial charge is 0.234 e. The lowest BCUT2D eigenvalue weighted by atomic mass is 10.1. The van der Waals surface area contributed by atoms with E-state index in [1.807, 2.05) is 6.07 Å². The van der Waals surface area contributed by atoms with Crippen molar-refractivity contribution in [1.82, 2.24) is 5.32 Å². The lowest BCUT2D eigenvalue weighted by molar-refractivity contribution is -0.120. The zero-order valence-electron chi connectivity index (χ0n) is 10.7. The highest BCUT2D eigenvalue weighted by atomic mass is 16.5. The number of amides is 1. The van der Waals surface area contributed by atoms with E-state index in [0.717, 1.165) is 12.2 Å². The molecule has 4 nitrogen and oxygen atoms in total. The predicted octanol–water partition coefficient (Wildman–Crippen LogP) is 1.02. The number of hydrogen-bond donors (Lipinski definition) is 2. The van der Waals surface area contributed by atoms with Gasteiger partial charge >= 0.3 is 0 Å². The van der Waals surface area contributed by atoms with E-state index < -0.39 is 0 Å². The Labute approximate surface area is 108 Å². The molecule has 1 aliphatic rings. The third kappa shape index (κ3) is 3.01. The van der Waals surface area contributed by atoms with Crippen LogP contribution in [0.3, 0.4) is 0 Å². The van der Waals surface area contributed by atoms with Gasteiger partial charge in [0.15, 0.2) is 0 Å². The van der Waals surface area contributed by atoms with Crippen molar-refractivity contribution in [2.45, 2.75) is 31.7 Å². The van der Waals surface area contributed by atoms with Crippen LogP contribution in [-0.4, -0.2) is 25.6 Å². The first-order valence-electron chi connectivity index (χ1n) is 6.42. The number of nitrogens with one attached hydrogen (secondary N) is 1. The van der Waals surface area contributed by atoms with Gasteiger partial charge in [-0.2, -0.15) is 0 Å². The number of carbonyl (C=O) groups excluding carboxylic acids is 1. The molecule has 1 aromatic carbocycles. The van der Waals surface area contributed by atoms with Gasteiger partial charge in [-0.3, -0.25) is 4.79 Å². The van der Waals surface area contributed by atoms with Crippen molar-refractivity contribution >= 4 is 5.91 Å². The van der Waals surface area contributed by atoms with Gasteiger partial charge < -0.3 is 15.8 Å². The molecule has 0 aromatic heterocycles. The molecule has 1 amide bonds. The summed E-state index contributed by atoms with van der Waals surface area (Å²) in [5.41, 5.74) is 8.08. The number of fused-ring (bicyclic) bond motifs is 1. The predicted molar refractivity (Wildman–Crippen MR) is 70.6 cm³/mol. The monoisotopic (exact) mass is 248 g/mol. The second-order valence-electron chi connectivity index (χ2n) is 4.66. The summed E-state index contributed by atoms with van der Waals surface area (Å²) in [6.07, 6.45) is 4.15. The summed E-state index contributed by atoms with van der Waals surface area (Å²) < 4.78 is 5.67. The molecule has 0 spiro atoms. The normalized spacial score (nSPS) is 15.2. The summed E-state index contributed by atoms with van der Waals surface area (Å²) in [5.74, 6) is 0.546. The maximum Gasteiger partial charge on any atom is 0.234 e. The molecule has 18 heavy (non-hydrogen) atoms. The van der Waals surface area contributed by atoms with Crippen LogP contribution in [0, 0.1) is 0 Å². The Morgan fingerprint density at radius 3 is 2.94 bits per heavy atom. The molecule has 0 saturated heterocycles. The van der Waals surface area contributed by atoms with Crippen LogP contribution in [0.4, 0.5) is 0 Å². The Bertz CT molecular complexity index is 432. The van der Waals surface area contributed by atoms with Crippen molar-refractivity contribution in [2.75, 3.05) is 13.7 Å². The summed E-state index contributed by atoms with van der Waals surface area (Å²) in [5, 5.41) is 2.87. The van der Waals surface area contributed by atoms with Crippen LogP contribution in [0.1, 0.15) is 24.0 Å². The van der Waals surface area contributed by atoms with Crippen molar-refractivity contribution in [1.29, 1.82) is 0 Å². The molecule has 2 rings (SSSR count). The average molecular weight is 248 g/mol. The fraction of sp³-hybridized carbons (Fsp3) is 0.500. The van der Waals surface area contributed by atoms with Gasteiger partial charge in [-0.1, -0.05) is 6.07 Å².